The molecule has 19 heavy (non-hydrogen) atoms. The van der Waals surface area contributed by atoms with Gasteiger partial charge in [0.25, 0.3) is 0 Å². The number of nitrogens with two attached hydrogens (primary N) is 2. The molecular formula is C15H29N3O. The SMILES string of the molecule is CC(CC(C)(N)C(N)=O)N1CCCC1C1CCCC1. The van der Waals surface area contributed by atoms with Gasteiger partial charge in [0.15, 0.2) is 0 Å². The number of hydrogen-bond donors (Lipinski definition) is 2. The van der Waals surface area contributed by atoms with E-state index in [0.717, 1.165) is 12.5 Å². The molecule has 1 amide bonds. The smallest absolute Gasteiger partial charge is 0.237 e. The number of hydrogen-bond acceptors (Lipinski definition) is 3. The van der Waals surface area contributed by atoms with Crippen LogP contribution in [-0.2, 0) is 4.79 Å². The molecule has 4 nitrogen and oxygen atoms in total. The molecule has 0 aromatic carbocycles. The monoisotopic (exact) mass is 267 g/mol. The summed E-state index contributed by atoms with van der Waals surface area (Å²) >= 11 is 0. The van der Waals surface area contributed by atoms with Gasteiger partial charge in [-0.2, -0.15) is 0 Å². The summed E-state index contributed by atoms with van der Waals surface area (Å²) < 4.78 is 0. The van der Waals surface area contributed by atoms with E-state index in [2.05, 4.69) is 11.8 Å². The van der Waals surface area contributed by atoms with E-state index in [9.17, 15) is 4.79 Å². The largest absolute Gasteiger partial charge is 0.368 e. The molecule has 1 aliphatic heterocycles. The van der Waals surface area contributed by atoms with Crippen molar-refractivity contribution < 1.29 is 4.79 Å². The van der Waals surface area contributed by atoms with Crippen LogP contribution in [0.1, 0.15) is 58.8 Å². The van der Waals surface area contributed by atoms with Crippen molar-refractivity contribution in [2.24, 2.45) is 17.4 Å². The first-order valence-electron chi connectivity index (χ1n) is 7.76. The van der Waals surface area contributed by atoms with E-state index in [1.54, 1.807) is 6.92 Å². The van der Waals surface area contributed by atoms with Crippen LogP contribution in [-0.4, -0.2) is 35.0 Å². The van der Waals surface area contributed by atoms with E-state index < -0.39 is 11.4 Å². The fraction of sp³-hybridized carbons (Fsp3) is 0.933. The summed E-state index contributed by atoms with van der Waals surface area (Å²) in [6, 6.07) is 1.05. The maximum Gasteiger partial charge on any atom is 0.237 e. The zero-order valence-corrected chi connectivity index (χ0v) is 12.4. The Labute approximate surface area is 116 Å². The highest BCUT2D eigenvalue weighted by molar-refractivity contribution is 5.83. The molecule has 0 bridgehead atoms. The van der Waals surface area contributed by atoms with E-state index in [0.29, 0.717) is 18.5 Å². The number of amides is 1. The van der Waals surface area contributed by atoms with Crippen molar-refractivity contribution in [3.63, 3.8) is 0 Å². The van der Waals surface area contributed by atoms with Gasteiger partial charge in [-0.25, -0.2) is 0 Å². The van der Waals surface area contributed by atoms with Gasteiger partial charge in [0.1, 0.15) is 0 Å². The van der Waals surface area contributed by atoms with Crippen LogP contribution in [0.4, 0.5) is 0 Å². The van der Waals surface area contributed by atoms with Crippen LogP contribution in [0.15, 0.2) is 0 Å². The molecule has 3 unspecified atom stereocenters. The summed E-state index contributed by atoms with van der Waals surface area (Å²) in [7, 11) is 0. The van der Waals surface area contributed by atoms with Crippen LogP contribution in [0.25, 0.3) is 0 Å². The van der Waals surface area contributed by atoms with Gasteiger partial charge in [0.05, 0.1) is 5.54 Å². The second-order valence-electron chi connectivity index (χ2n) is 6.83. The van der Waals surface area contributed by atoms with Crippen LogP contribution in [0.5, 0.6) is 0 Å². The lowest BCUT2D eigenvalue weighted by Gasteiger charge is -2.37. The molecule has 0 radical (unpaired) electrons. The van der Waals surface area contributed by atoms with Crippen molar-refractivity contribution in [2.75, 3.05) is 6.54 Å². The first kappa shape index (κ1) is 14.8. The molecule has 0 aromatic heterocycles. The molecule has 2 rings (SSSR count). The molecule has 1 aliphatic carbocycles. The summed E-state index contributed by atoms with van der Waals surface area (Å²) in [6.07, 6.45) is 8.79. The molecule has 1 saturated carbocycles. The Kier molecular flexibility index (Phi) is 4.51. The molecule has 1 saturated heterocycles. The summed E-state index contributed by atoms with van der Waals surface area (Å²) in [5.74, 6) is 0.471. The Hall–Kier alpha value is -0.610. The molecule has 0 aromatic rings. The maximum absolute atomic E-state index is 11.4. The molecule has 110 valence electrons. The minimum absolute atomic E-state index is 0.343. The fourth-order valence-corrected chi connectivity index (χ4v) is 4.04. The maximum atomic E-state index is 11.4. The number of likely N-dealkylation sites (tertiary alicyclic amines) is 1. The van der Waals surface area contributed by atoms with E-state index >= 15 is 0 Å². The van der Waals surface area contributed by atoms with Crippen molar-refractivity contribution in [3.05, 3.63) is 0 Å². The number of carbonyl (C=O) groups excluding carboxylic acids is 1. The van der Waals surface area contributed by atoms with Crippen molar-refractivity contribution in [1.82, 2.24) is 4.90 Å². The zero-order chi connectivity index (χ0) is 14.0. The summed E-state index contributed by atoms with van der Waals surface area (Å²) in [6.45, 7) is 5.10. The van der Waals surface area contributed by atoms with Gasteiger partial charge < -0.3 is 11.5 Å². The topological polar surface area (TPSA) is 72.3 Å². The number of rotatable bonds is 5. The Bertz CT molecular complexity index is 323. The molecule has 4 N–H and O–H groups in total. The zero-order valence-electron chi connectivity index (χ0n) is 12.4. The third kappa shape index (κ3) is 3.29. The predicted octanol–water partition coefficient (Wildman–Crippen LogP) is 1.62. The molecule has 3 atom stereocenters. The molecular weight excluding hydrogens is 238 g/mol. The Balaban J connectivity index is 1.97. The number of nitrogens with zero attached hydrogens (tertiary/aromatic N) is 1. The average molecular weight is 267 g/mol. The van der Waals surface area contributed by atoms with Crippen molar-refractivity contribution >= 4 is 5.91 Å². The molecule has 2 aliphatic rings. The second kappa shape index (κ2) is 5.80. The third-order valence-corrected chi connectivity index (χ3v) is 5.13. The second-order valence-corrected chi connectivity index (χ2v) is 6.83. The summed E-state index contributed by atoms with van der Waals surface area (Å²) in [5, 5.41) is 0. The van der Waals surface area contributed by atoms with E-state index in [1.807, 2.05) is 0 Å². The van der Waals surface area contributed by atoms with Gasteiger partial charge in [0.2, 0.25) is 5.91 Å². The first-order chi connectivity index (χ1) is 8.92. The van der Waals surface area contributed by atoms with Crippen LogP contribution < -0.4 is 11.5 Å². The minimum atomic E-state index is -0.887. The van der Waals surface area contributed by atoms with Crippen molar-refractivity contribution in [2.45, 2.75) is 76.4 Å². The van der Waals surface area contributed by atoms with E-state index in [4.69, 9.17) is 11.5 Å². The Morgan fingerprint density at radius 2 is 1.95 bits per heavy atom. The third-order valence-electron chi connectivity index (χ3n) is 5.13. The van der Waals surface area contributed by atoms with Crippen LogP contribution in [0.2, 0.25) is 0 Å². The molecule has 1 heterocycles. The minimum Gasteiger partial charge on any atom is -0.368 e. The molecule has 4 heteroatoms. The quantitative estimate of drug-likeness (QED) is 0.795. The fourth-order valence-electron chi connectivity index (χ4n) is 4.04. The van der Waals surface area contributed by atoms with Gasteiger partial charge >= 0.3 is 0 Å². The highest BCUT2D eigenvalue weighted by atomic mass is 16.1. The van der Waals surface area contributed by atoms with Crippen LogP contribution in [0.3, 0.4) is 0 Å². The summed E-state index contributed by atoms with van der Waals surface area (Å²) in [5.41, 5.74) is 10.5. The molecule has 0 spiro atoms. The average Bonchev–Trinajstić information content (AvgIpc) is 2.99. The highest BCUT2D eigenvalue weighted by Gasteiger charge is 2.38. The van der Waals surface area contributed by atoms with Gasteiger partial charge in [-0.3, -0.25) is 9.69 Å². The number of carbonyl (C=O) groups is 1. The van der Waals surface area contributed by atoms with E-state index in [-0.39, 0.29) is 0 Å². The Morgan fingerprint density at radius 1 is 1.32 bits per heavy atom. The van der Waals surface area contributed by atoms with Crippen LogP contribution >= 0.6 is 0 Å². The summed E-state index contributed by atoms with van der Waals surface area (Å²) in [4.78, 5) is 14.0. The normalized spacial score (nSPS) is 30.4. The lowest BCUT2D eigenvalue weighted by Crippen LogP contribution is -2.54. The van der Waals surface area contributed by atoms with Crippen molar-refractivity contribution in [3.8, 4) is 0 Å². The van der Waals surface area contributed by atoms with Crippen LogP contribution in [0, 0.1) is 5.92 Å². The van der Waals surface area contributed by atoms with Gasteiger partial charge in [-0.1, -0.05) is 12.8 Å². The van der Waals surface area contributed by atoms with E-state index in [1.165, 1.54) is 38.5 Å². The lowest BCUT2D eigenvalue weighted by atomic mass is 9.90. The first-order valence-corrected chi connectivity index (χ1v) is 7.76. The van der Waals surface area contributed by atoms with Gasteiger partial charge in [0, 0.05) is 12.1 Å². The standard InChI is InChI=1S/C15H29N3O/c1-11(10-15(2,17)14(16)19)18-9-5-8-13(18)12-6-3-4-7-12/h11-13H,3-10,17H2,1-2H3,(H2,16,19). The lowest BCUT2D eigenvalue weighted by molar-refractivity contribution is -0.123. The Morgan fingerprint density at radius 3 is 2.53 bits per heavy atom. The van der Waals surface area contributed by atoms with Crippen molar-refractivity contribution in [1.29, 1.82) is 0 Å². The van der Waals surface area contributed by atoms with Gasteiger partial charge in [-0.05, 0) is 58.4 Å². The highest BCUT2D eigenvalue weighted by Crippen LogP contribution is 2.37. The number of primary amides is 1. The predicted molar refractivity (Wildman–Crippen MR) is 77.6 cm³/mol. The van der Waals surface area contributed by atoms with Gasteiger partial charge in [-0.15, -0.1) is 0 Å². The molecule has 2 fully saturated rings.